The van der Waals surface area contributed by atoms with Gasteiger partial charge in [0.1, 0.15) is 0 Å². The van der Waals surface area contributed by atoms with Gasteiger partial charge in [-0.05, 0) is 25.7 Å². The van der Waals surface area contributed by atoms with Gasteiger partial charge in [-0.15, -0.1) is 0 Å². The highest BCUT2D eigenvalue weighted by Crippen LogP contribution is 2.17. The summed E-state index contributed by atoms with van der Waals surface area (Å²) in [6, 6.07) is 0. The van der Waals surface area contributed by atoms with Crippen LogP contribution in [0.3, 0.4) is 0 Å². The molecule has 0 aliphatic heterocycles. The second-order valence-electron chi connectivity index (χ2n) is 3.22. The molecule has 0 unspecified atom stereocenters. The highest BCUT2D eigenvalue weighted by Gasteiger charge is 2.19. The monoisotopic (exact) mass is 232 g/mol. The smallest absolute Gasteiger partial charge is 0.332 e. The number of aliphatic hydroxyl groups is 2. The summed E-state index contributed by atoms with van der Waals surface area (Å²) in [7, 11) is 0. The number of hydrogen-bond donors (Lipinski definition) is 4. The first-order chi connectivity index (χ1) is 7.54. The Morgan fingerprint density at radius 3 is 1.25 bits per heavy atom. The lowest BCUT2D eigenvalue weighted by atomic mass is 9.99. The van der Waals surface area contributed by atoms with Crippen LogP contribution in [0.1, 0.15) is 25.7 Å². The summed E-state index contributed by atoms with van der Waals surface area (Å²) in [6.45, 7) is -0.382. The molecular formula is C10H16O6. The minimum Gasteiger partial charge on any atom is -0.478 e. The Bertz CT molecular complexity index is 253. The molecule has 0 aromatic rings. The van der Waals surface area contributed by atoms with Crippen molar-refractivity contribution in [2.24, 2.45) is 0 Å². The summed E-state index contributed by atoms with van der Waals surface area (Å²) >= 11 is 0. The van der Waals surface area contributed by atoms with Gasteiger partial charge in [0.25, 0.3) is 0 Å². The molecule has 0 aliphatic rings. The van der Waals surface area contributed by atoms with E-state index in [-0.39, 0.29) is 50.0 Å². The first-order valence-electron chi connectivity index (χ1n) is 4.95. The normalized spacial score (nSPS) is 12.1. The maximum absolute atomic E-state index is 10.8. The Hall–Kier alpha value is -1.40. The maximum Gasteiger partial charge on any atom is 0.332 e. The van der Waals surface area contributed by atoms with E-state index in [1.165, 1.54) is 0 Å². The van der Waals surface area contributed by atoms with Crippen LogP contribution in [0.2, 0.25) is 0 Å². The molecule has 0 atom stereocenters. The molecule has 4 N–H and O–H groups in total. The Morgan fingerprint density at radius 1 is 0.750 bits per heavy atom. The molecule has 0 saturated heterocycles. The second kappa shape index (κ2) is 7.84. The van der Waals surface area contributed by atoms with Crippen molar-refractivity contribution in [3.05, 3.63) is 11.1 Å². The Kier molecular flexibility index (Phi) is 7.15. The molecule has 16 heavy (non-hydrogen) atoms. The van der Waals surface area contributed by atoms with Crippen molar-refractivity contribution in [2.75, 3.05) is 13.2 Å². The van der Waals surface area contributed by atoms with E-state index in [0.29, 0.717) is 0 Å². The standard InChI is InChI=1S/C10H16O6/c11-5-1-3-7(9(13)14)8(10(15)16)4-2-6-12/h11-12H,1-6H2,(H,13,14)(H,15,16)/b8-7+. The van der Waals surface area contributed by atoms with Crippen LogP contribution in [0.4, 0.5) is 0 Å². The van der Waals surface area contributed by atoms with E-state index in [1.54, 1.807) is 0 Å². The van der Waals surface area contributed by atoms with Crippen LogP contribution < -0.4 is 0 Å². The van der Waals surface area contributed by atoms with Crippen LogP contribution in [-0.4, -0.2) is 45.6 Å². The lowest BCUT2D eigenvalue weighted by molar-refractivity contribution is -0.136. The van der Waals surface area contributed by atoms with Gasteiger partial charge in [0.2, 0.25) is 0 Å². The lowest BCUT2D eigenvalue weighted by Crippen LogP contribution is -2.12. The molecule has 6 nitrogen and oxygen atoms in total. The molecule has 0 fully saturated rings. The third-order valence-corrected chi connectivity index (χ3v) is 2.05. The van der Waals surface area contributed by atoms with Crippen LogP contribution in [0.25, 0.3) is 0 Å². The average molecular weight is 232 g/mol. The minimum atomic E-state index is -1.29. The number of carboxylic acid groups (broad SMARTS) is 2. The largest absolute Gasteiger partial charge is 0.478 e. The second-order valence-corrected chi connectivity index (χ2v) is 3.22. The third kappa shape index (κ3) is 4.90. The number of aliphatic carboxylic acids is 2. The zero-order valence-electron chi connectivity index (χ0n) is 8.85. The van der Waals surface area contributed by atoms with Crippen molar-refractivity contribution in [1.82, 2.24) is 0 Å². The average Bonchev–Trinajstić information content (AvgIpc) is 2.21. The van der Waals surface area contributed by atoms with E-state index < -0.39 is 11.9 Å². The number of carboxylic acids is 2. The zero-order valence-corrected chi connectivity index (χ0v) is 8.85. The molecular weight excluding hydrogens is 216 g/mol. The van der Waals surface area contributed by atoms with Crippen molar-refractivity contribution in [2.45, 2.75) is 25.7 Å². The molecule has 92 valence electrons. The fourth-order valence-electron chi connectivity index (χ4n) is 1.29. The molecule has 0 bridgehead atoms. The molecule has 0 heterocycles. The molecule has 0 saturated carbocycles. The van der Waals surface area contributed by atoms with Gasteiger partial charge in [0, 0.05) is 24.4 Å². The molecule has 0 spiro atoms. The van der Waals surface area contributed by atoms with E-state index in [0.717, 1.165) is 0 Å². The van der Waals surface area contributed by atoms with Crippen molar-refractivity contribution < 1.29 is 30.0 Å². The lowest BCUT2D eigenvalue weighted by Gasteiger charge is -2.07. The Labute approximate surface area is 92.8 Å². The van der Waals surface area contributed by atoms with Crippen molar-refractivity contribution in [1.29, 1.82) is 0 Å². The maximum atomic E-state index is 10.8. The fourth-order valence-corrected chi connectivity index (χ4v) is 1.29. The Morgan fingerprint density at radius 2 is 1.06 bits per heavy atom. The van der Waals surface area contributed by atoms with E-state index in [1.807, 2.05) is 0 Å². The van der Waals surface area contributed by atoms with E-state index in [9.17, 15) is 9.59 Å². The van der Waals surface area contributed by atoms with E-state index >= 15 is 0 Å². The van der Waals surface area contributed by atoms with Gasteiger partial charge in [-0.3, -0.25) is 0 Å². The molecule has 6 heteroatoms. The van der Waals surface area contributed by atoms with Crippen molar-refractivity contribution in [3.8, 4) is 0 Å². The SMILES string of the molecule is O=C(O)/C(CCCO)=C(\CCCO)C(=O)O. The summed E-state index contributed by atoms with van der Waals surface area (Å²) in [4.78, 5) is 21.7. The van der Waals surface area contributed by atoms with E-state index in [4.69, 9.17) is 20.4 Å². The molecule has 0 radical (unpaired) electrons. The molecule has 0 aromatic heterocycles. The van der Waals surface area contributed by atoms with Gasteiger partial charge in [0.05, 0.1) is 0 Å². The summed E-state index contributed by atoms with van der Waals surface area (Å²) in [5.74, 6) is -2.58. The Balaban J connectivity index is 4.94. The summed E-state index contributed by atoms with van der Waals surface area (Å²) in [6.07, 6.45) is 0.437. The summed E-state index contributed by atoms with van der Waals surface area (Å²) < 4.78 is 0. The van der Waals surface area contributed by atoms with E-state index in [2.05, 4.69) is 0 Å². The first kappa shape index (κ1) is 14.6. The number of aliphatic hydroxyl groups excluding tert-OH is 2. The van der Waals surface area contributed by atoms with Crippen molar-refractivity contribution >= 4 is 11.9 Å². The number of rotatable bonds is 8. The predicted octanol–water partition coefficient (Wildman–Crippen LogP) is -0.00280. The summed E-state index contributed by atoms with van der Waals surface area (Å²) in [5.41, 5.74) is -0.398. The molecule has 0 amide bonds. The fraction of sp³-hybridized carbons (Fsp3) is 0.600. The minimum absolute atomic E-state index is 0.0128. The van der Waals surface area contributed by atoms with Gasteiger partial charge in [-0.25, -0.2) is 9.59 Å². The number of hydrogen-bond acceptors (Lipinski definition) is 4. The van der Waals surface area contributed by atoms with Crippen LogP contribution in [-0.2, 0) is 9.59 Å². The zero-order chi connectivity index (χ0) is 12.6. The number of carbonyl (C=O) groups is 2. The van der Waals surface area contributed by atoms with Gasteiger partial charge in [0.15, 0.2) is 0 Å². The third-order valence-electron chi connectivity index (χ3n) is 2.05. The molecule has 0 aliphatic carbocycles. The van der Waals surface area contributed by atoms with Crippen LogP contribution in [0.15, 0.2) is 11.1 Å². The van der Waals surface area contributed by atoms with Crippen molar-refractivity contribution in [3.63, 3.8) is 0 Å². The highest BCUT2D eigenvalue weighted by atomic mass is 16.4. The van der Waals surface area contributed by atoms with Crippen LogP contribution >= 0.6 is 0 Å². The summed E-state index contributed by atoms with van der Waals surface area (Å²) in [5, 5.41) is 34.9. The highest BCUT2D eigenvalue weighted by molar-refractivity contribution is 5.98. The topological polar surface area (TPSA) is 115 Å². The van der Waals surface area contributed by atoms with Crippen LogP contribution in [0.5, 0.6) is 0 Å². The van der Waals surface area contributed by atoms with Gasteiger partial charge >= 0.3 is 11.9 Å². The first-order valence-corrected chi connectivity index (χ1v) is 4.95. The van der Waals surface area contributed by atoms with Gasteiger partial charge in [-0.1, -0.05) is 0 Å². The van der Waals surface area contributed by atoms with Crippen LogP contribution in [0, 0.1) is 0 Å². The van der Waals surface area contributed by atoms with Gasteiger partial charge in [-0.2, -0.15) is 0 Å². The van der Waals surface area contributed by atoms with Gasteiger partial charge < -0.3 is 20.4 Å². The molecule has 0 aromatic carbocycles. The predicted molar refractivity (Wildman–Crippen MR) is 54.9 cm³/mol. The molecule has 0 rings (SSSR count). The quantitative estimate of drug-likeness (QED) is 0.438.